The lowest BCUT2D eigenvalue weighted by Crippen LogP contribution is -2.15. The van der Waals surface area contributed by atoms with Crippen LogP contribution in [0.2, 0.25) is 0 Å². The predicted octanol–water partition coefficient (Wildman–Crippen LogP) is 1.99. The van der Waals surface area contributed by atoms with Crippen LogP contribution >= 0.6 is 0 Å². The Morgan fingerprint density at radius 2 is 1.94 bits per heavy atom. The summed E-state index contributed by atoms with van der Waals surface area (Å²) < 4.78 is 2.01. The molecule has 0 spiro atoms. The SMILES string of the molecule is CC[C@H](N)c1nnc(C)n1-c1ccccc1. The van der Waals surface area contributed by atoms with Gasteiger partial charge < -0.3 is 5.73 Å². The molecular weight excluding hydrogens is 200 g/mol. The minimum atomic E-state index is -0.0681. The van der Waals surface area contributed by atoms with Crippen molar-refractivity contribution >= 4 is 0 Å². The Morgan fingerprint density at radius 1 is 1.25 bits per heavy atom. The topological polar surface area (TPSA) is 56.7 Å². The third-order valence-electron chi connectivity index (χ3n) is 2.64. The number of aromatic nitrogens is 3. The van der Waals surface area contributed by atoms with E-state index < -0.39 is 0 Å². The summed E-state index contributed by atoms with van der Waals surface area (Å²) in [4.78, 5) is 0. The number of hydrogen-bond acceptors (Lipinski definition) is 3. The van der Waals surface area contributed by atoms with Crippen molar-refractivity contribution in [1.29, 1.82) is 0 Å². The molecule has 1 heterocycles. The van der Waals surface area contributed by atoms with Gasteiger partial charge in [0.25, 0.3) is 0 Å². The van der Waals surface area contributed by atoms with Crippen molar-refractivity contribution in [1.82, 2.24) is 14.8 Å². The van der Waals surface area contributed by atoms with Crippen LogP contribution in [0.25, 0.3) is 5.69 Å². The van der Waals surface area contributed by atoms with Gasteiger partial charge in [-0.25, -0.2) is 0 Å². The first-order chi connectivity index (χ1) is 7.74. The minimum absolute atomic E-state index is 0.0681. The van der Waals surface area contributed by atoms with Crippen LogP contribution in [0.5, 0.6) is 0 Å². The number of nitrogens with zero attached hydrogens (tertiary/aromatic N) is 3. The number of aryl methyl sites for hydroxylation is 1. The van der Waals surface area contributed by atoms with Crippen LogP contribution in [-0.2, 0) is 0 Å². The van der Waals surface area contributed by atoms with E-state index in [0.717, 1.165) is 23.8 Å². The highest BCUT2D eigenvalue weighted by molar-refractivity contribution is 5.34. The lowest BCUT2D eigenvalue weighted by atomic mass is 10.2. The van der Waals surface area contributed by atoms with Gasteiger partial charge in [0, 0.05) is 5.69 Å². The molecule has 0 amide bonds. The van der Waals surface area contributed by atoms with E-state index in [4.69, 9.17) is 5.73 Å². The molecule has 2 rings (SSSR count). The standard InChI is InChI=1S/C12H16N4/c1-3-11(13)12-15-14-9(2)16(12)10-7-5-4-6-8-10/h4-8,11H,3,13H2,1-2H3/t11-/m0/s1. The lowest BCUT2D eigenvalue weighted by Gasteiger charge is -2.12. The molecule has 4 nitrogen and oxygen atoms in total. The molecule has 0 aliphatic carbocycles. The highest BCUT2D eigenvalue weighted by Crippen LogP contribution is 2.18. The van der Waals surface area contributed by atoms with Crippen LogP contribution in [0.1, 0.15) is 31.0 Å². The maximum Gasteiger partial charge on any atom is 0.154 e. The van der Waals surface area contributed by atoms with Gasteiger partial charge in [-0.15, -0.1) is 10.2 Å². The maximum absolute atomic E-state index is 6.02. The van der Waals surface area contributed by atoms with Crippen molar-refractivity contribution < 1.29 is 0 Å². The molecule has 1 atom stereocenters. The predicted molar refractivity (Wildman–Crippen MR) is 63.3 cm³/mol. The summed E-state index contributed by atoms with van der Waals surface area (Å²) in [6, 6.07) is 9.97. The number of benzene rings is 1. The van der Waals surface area contributed by atoms with Crippen molar-refractivity contribution in [3.05, 3.63) is 42.0 Å². The first-order valence-corrected chi connectivity index (χ1v) is 5.47. The molecule has 16 heavy (non-hydrogen) atoms. The normalized spacial score (nSPS) is 12.7. The van der Waals surface area contributed by atoms with Crippen molar-refractivity contribution in [3.63, 3.8) is 0 Å². The van der Waals surface area contributed by atoms with Crippen LogP contribution in [-0.4, -0.2) is 14.8 Å². The fourth-order valence-electron chi connectivity index (χ4n) is 1.70. The van der Waals surface area contributed by atoms with Crippen LogP contribution in [0, 0.1) is 6.92 Å². The summed E-state index contributed by atoms with van der Waals surface area (Å²) in [6.45, 7) is 3.98. The molecule has 0 unspecified atom stereocenters. The summed E-state index contributed by atoms with van der Waals surface area (Å²) in [6.07, 6.45) is 0.852. The van der Waals surface area contributed by atoms with Crippen LogP contribution < -0.4 is 5.73 Å². The van der Waals surface area contributed by atoms with E-state index in [1.807, 2.05) is 48.7 Å². The summed E-state index contributed by atoms with van der Waals surface area (Å²) in [5, 5.41) is 8.25. The third kappa shape index (κ3) is 1.84. The molecular formula is C12H16N4. The van der Waals surface area contributed by atoms with E-state index in [0.29, 0.717) is 0 Å². The van der Waals surface area contributed by atoms with Gasteiger partial charge in [0.1, 0.15) is 5.82 Å². The van der Waals surface area contributed by atoms with E-state index in [1.54, 1.807) is 0 Å². The van der Waals surface area contributed by atoms with Gasteiger partial charge in [0.05, 0.1) is 6.04 Å². The van der Waals surface area contributed by atoms with Crippen molar-refractivity contribution in [3.8, 4) is 5.69 Å². The van der Waals surface area contributed by atoms with Gasteiger partial charge in [0.2, 0.25) is 0 Å². The van der Waals surface area contributed by atoms with E-state index >= 15 is 0 Å². The molecule has 1 aromatic heterocycles. The monoisotopic (exact) mass is 216 g/mol. The fourth-order valence-corrected chi connectivity index (χ4v) is 1.70. The van der Waals surface area contributed by atoms with Crippen molar-refractivity contribution in [2.24, 2.45) is 5.73 Å². The molecule has 2 N–H and O–H groups in total. The van der Waals surface area contributed by atoms with E-state index in [1.165, 1.54) is 0 Å². The summed E-state index contributed by atoms with van der Waals surface area (Å²) in [5.74, 6) is 1.69. The summed E-state index contributed by atoms with van der Waals surface area (Å²) in [5.41, 5.74) is 7.08. The number of para-hydroxylation sites is 1. The maximum atomic E-state index is 6.02. The molecule has 84 valence electrons. The van der Waals surface area contributed by atoms with Crippen LogP contribution in [0.3, 0.4) is 0 Å². The van der Waals surface area contributed by atoms with Gasteiger partial charge in [-0.05, 0) is 25.5 Å². The second-order valence-electron chi connectivity index (χ2n) is 3.79. The number of hydrogen-bond donors (Lipinski definition) is 1. The van der Waals surface area contributed by atoms with Crippen LogP contribution in [0.15, 0.2) is 30.3 Å². The van der Waals surface area contributed by atoms with Gasteiger partial charge in [-0.3, -0.25) is 4.57 Å². The molecule has 0 radical (unpaired) electrons. The zero-order valence-corrected chi connectivity index (χ0v) is 9.59. The largest absolute Gasteiger partial charge is 0.321 e. The summed E-state index contributed by atoms with van der Waals surface area (Å²) >= 11 is 0. The van der Waals surface area contributed by atoms with Crippen LogP contribution in [0.4, 0.5) is 0 Å². The molecule has 0 saturated heterocycles. The Hall–Kier alpha value is -1.68. The quantitative estimate of drug-likeness (QED) is 0.853. The minimum Gasteiger partial charge on any atom is -0.321 e. The number of rotatable bonds is 3. The van der Waals surface area contributed by atoms with E-state index in [-0.39, 0.29) is 6.04 Å². The Kier molecular flexibility index (Phi) is 3.01. The average molecular weight is 216 g/mol. The zero-order valence-electron chi connectivity index (χ0n) is 9.59. The number of nitrogens with two attached hydrogens (primary N) is 1. The Bertz CT molecular complexity index is 461. The fraction of sp³-hybridized carbons (Fsp3) is 0.333. The second kappa shape index (κ2) is 4.45. The first-order valence-electron chi connectivity index (χ1n) is 5.47. The average Bonchev–Trinajstić information content (AvgIpc) is 2.71. The molecule has 0 saturated carbocycles. The smallest absolute Gasteiger partial charge is 0.154 e. The molecule has 1 aromatic carbocycles. The second-order valence-corrected chi connectivity index (χ2v) is 3.79. The van der Waals surface area contributed by atoms with E-state index in [2.05, 4.69) is 10.2 Å². The Morgan fingerprint density at radius 3 is 2.56 bits per heavy atom. The highest BCUT2D eigenvalue weighted by Gasteiger charge is 2.15. The lowest BCUT2D eigenvalue weighted by molar-refractivity contribution is 0.632. The van der Waals surface area contributed by atoms with Gasteiger partial charge in [-0.1, -0.05) is 25.1 Å². The molecule has 4 heteroatoms. The zero-order chi connectivity index (χ0) is 11.5. The molecule has 0 aliphatic rings. The first kappa shape index (κ1) is 10.8. The van der Waals surface area contributed by atoms with Gasteiger partial charge >= 0.3 is 0 Å². The van der Waals surface area contributed by atoms with Gasteiger partial charge in [-0.2, -0.15) is 0 Å². The molecule has 0 bridgehead atoms. The molecule has 0 aliphatic heterocycles. The summed E-state index contributed by atoms with van der Waals surface area (Å²) in [7, 11) is 0. The Labute approximate surface area is 95.1 Å². The van der Waals surface area contributed by atoms with Crippen molar-refractivity contribution in [2.45, 2.75) is 26.3 Å². The van der Waals surface area contributed by atoms with Gasteiger partial charge in [0.15, 0.2) is 5.82 Å². The Balaban J connectivity index is 2.52. The van der Waals surface area contributed by atoms with Crippen molar-refractivity contribution in [2.75, 3.05) is 0 Å². The third-order valence-corrected chi connectivity index (χ3v) is 2.64. The highest BCUT2D eigenvalue weighted by atomic mass is 15.3. The molecule has 2 aromatic rings. The van der Waals surface area contributed by atoms with E-state index in [9.17, 15) is 0 Å². The molecule has 0 fully saturated rings.